The number of hydrogen-bond acceptors (Lipinski definition) is 7. The van der Waals surface area contributed by atoms with E-state index in [9.17, 15) is 4.79 Å². The summed E-state index contributed by atoms with van der Waals surface area (Å²) in [6.07, 6.45) is 1.49. The first-order valence-electron chi connectivity index (χ1n) is 9.68. The molecule has 32 heavy (non-hydrogen) atoms. The highest BCUT2D eigenvalue weighted by atomic mass is 35.5. The Balaban J connectivity index is 1.55. The molecule has 0 amide bonds. The standard InChI is InChI=1S/C21H17Cl2N7OS/c1-29-7-8-32-16-9-11(5-6-15(16)29)26-20-25-10-12-18(24)30(21(31)28-19(12)27-20)17-13(22)3-2-4-14(17)23/h2-6,9-10,24H,7-8H2,1H3,(H2,25,26,27,28,31). The minimum atomic E-state index is -0.574. The van der Waals surface area contributed by atoms with Crippen LogP contribution < -0.4 is 21.4 Å². The predicted octanol–water partition coefficient (Wildman–Crippen LogP) is 4.18. The summed E-state index contributed by atoms with van der Waals surface area (Å²) >= 11 is 14.3. The molecule has 0 spiro atoms. The van der Waals surface area contributed by atoms with Crippen LogP contribution in [-0.4, -0.2) is 38.9 Å². The fourth-order valence-corrected chi connectivity index (χ4v) is 5.30. The lowest BCUT2D eigenvalue weighted by Gasteiger charge is -2.27. The highest BCUT2D eigenvalue weighted by molar-refractivity contribution is 7.99. The van der Waals surface area contributed by atoms with Gasteiger partial charge in [-0.3, -0.25) is 10.4 Å². The Morgan fingerprint density at radius 1 is 1.22 bits per heavy atom. The number of nitrogens with one attached hydrogen (secondary N) is 3. The molecule has 11 heteroatoms. The number of aromatic amines is 1. The molecule has 2 aromatic carbocycles. The molecule has 0 unspecified atom stereocenters. The van der Waals surface area contributed by atoms with Gasteiger partial charge in [0.05, 0.1) is 26.8 Å². The first kappa shape index (κ1) is 20.9. The number of rotatable bonds is 3. The summed E-state index contributed by atoms with van der Waals surface area (Å²) in [7, 11) is 2.08. The van der Waals surface area contributed by atoms with Crippen LogP contribution in [0.4, 0.5) is 17.3 Å². The Kier molecular flexibility index (Phi) is 5.32. The Morgan fingerprint density at radius 3 is 2.78 bits per heavy atom. The SMILES string of the molecule is CN1CCSc2cc(Nc3ncc4c(=N)n(-c5c(Cl)cccc5Cl)c(=O)[nH]c4n3)ccc21. The van der Waals surface area contributed by atoms with Gasteiger partial charge in [-0.25, -0.2) is 14.3 Å². The summed E-state index contributed by atoms with van der Waals surface area (Å²) in [4.78, 5) is 27.7. The van der Waals surface area contributed by atoms with E-state index >= 15 is 0 Å². The zero-order valence-corrected chi connectivity index (χ0v) is 19.1. The number of fused-ring (bicyclic) bond motifs is 2. The van der Waals surface area contributed by atoms with Crippen molar-refractivity contribution in [2.24, 2.45) is 0 Å². The van der Waals surface area contributed by atoms with E-state index in [1.807, 2.05) is 6.07 Å². The van der Waals surface area contributed by atoms with Crippen LogP contribution in [0.2, 0.25) is 10.0 Å². The van der Waals surface area contributed by atoms with Crippen molar-refractivity contribution in [2.45, 2.75) is 4.90 Å². The van der Waals surface area contributed by atoms with E-state index < -0.39 is 5.69 Å². The maximum absolute atomic E-state index is 12.8. The van der Waals surface area contributed by atoms with Crippen LogP contribution in [0.1, 0.15) is 0 Å². The highest BCUT2D eigenvalue weighted by Gasteiger charge is 2.16. The lowest BCUT2D eigenvalue weighted by Crippen LogP contribution is -2.34. The summed E-state index contributed by atoms with van der Waals surface area (Å²) in [5, 5.41) is 12.6. The van der Waals surface area contributed by atoms with Gasteiger partial charge in [0, 0.05) is 36.1 Å². The van der Waals surface area contributed by atoms with Gasteiger partial charge in [0.15, 0.2) is 5.65 Å². The zero-order chi connectivity index (χ0) is 22.4. The average Bonchev–Trinajstić information content (AvgIpc) is 2.75. The van der Waals surface area contributed by atoms with E-state index in [2.05, 4.69) is 44.3 Å². The second-order valence-electron chi connectivity index (χ2n) is 7.22. The van der Waals surface area contributed by atoms with Gasteiger partial charge in [-0.2, -0.15) is 4.98 Å². The van der Waals surface area contributed by atoms with E-state index in [0.717, 1.165) is 22.6 Å². The van der Waals surface area contributed by atoms with Gasteiger partial charge in [0.25, 0.3) is 0 Å². The molecule has 8 nitrogen and oxygen atoms in total. The van der Waals surface area contributed by atoms with Gasteiger partial charge >= 0.3 is 5.69 Å². The first-order valence-corrected chi connectivity index (χ1v) is 11.4. The minimum absolute atomic E-state index is 0.112. The van der Waals surface area contributed by atoms with Crippen LogP contribution in [0, 0.1) is 5.41 Å². The number of benzene rings is 2. The summed E-state index contributed by atoms with van der Waals surface area (Å²) in [5.41, 5.74) is 1.82. The molecule has 5 rings (SSSR count). The predicted molar refractivity (Wildman–Crippen MR) is 129 cm³/mol. The van der Waals surface area contributed by atoms with Crippen LogP contribution in [0.25, 0.3) is 16.7 Å². The van der Waals surface area contributed by atoms with E-state index in [1.165, 1.54) is 16.8 Å². The maximum Gasteiger partial charge on any atom is 0.333 e. The molecular formula is C21H17Cl2N7OS. The molecule has 0 bridgehead atoms. The smallest absolute Gasteiger partial charge is 0.333 e. The largest absolute Gasteiger partial charge is 0.373 e. The van der Waals surface area contributed by atoms with Gasteiger partial charge < -0.3 is 10.2 Å². The van der Waals surface area contributed by atoms with E-state index in [4.69, 9.17) is 28.6 Å². The molecule has 0 fully saturated rings. The van der Waals surface area contributed by atoms with E-state index in [1.54, 1.807) is 30.0 Å². The van der Waals surface area contributed by atoms with Crippen molar-refractivity contribution in [1.82, 2.24) is 19.5 Å². The normalized spacial score (nSPS) is 13.3. The summed E-state index contributed by atoms with van der Waals surface area (Å²) in [6, 6.07) is 11.0. The van der Waals surface area contributed by atoms with E-state index in [-0.39, 0.29) is 26.9 Å². The van der Waals surface area contributed by atoms with Gasteiger partial charge in [-0.1, -0.05) is 29.3 Å². The lowest BCUT2D eigenvalue weighted by molar-refractivity contribution is 0.854. The summed E-state index contributed by atoms with van der Waals surface area (Å²) < 4.78 is 1.11. The first-order chi connectivity index (χ1) is 15.4. The van der Waals surface area contributed by atoms with Crippen LogP contribution in [0.15, 0.2) is 52.3 Å². The topological polar surface area (TPSA) is 103 Å². The number of anilines is 3. The summed E-state index contributed by atoms with van der Waals surface area (Å²) in [5.74, 6) is 1.35. The molecule has 0 saturated heterocycles. The monoisotopic (exact) mass is 485 g/mol. The number of nitrogens with zero attached hydrogens (tertiary/aromatic N) is 4. The number of thioether (sulfide) groups is 1. The Hall–Kier alpha value is -3.01. The second kappa shape index (κ2) is 8.16. The molecule has 162 valence electrons. The van der Waals surface area contributed by atoms with Crippen molar-refractivity contribution in [3.8, 4) is 5.69 Å². The number of para-hydroxylation sites is 1. The van der Waals surface area contributed by atoms with Gasteiger partial charge in [-0.15, -0.1) is 11.8 Å². The van der Waals surface area contributed by atoms with Crippen molar-refractivity contribution in [2.75, 3.05) is 29.6 Å². The molecule has 1 aliphatic rings. The molecule has 3 N–H and O–H groups in total. The van der Waals surface area contributed by atoms with Crippen LogP contribution >= 0.6 is 35.0 Å². The fourth-order valence-electron chi connectivity index (χ4n) is 3.57. The quantitative estimate of drug-likeness (QED) is 0.402. The highest BCUT2D eigenvalue weighted by Crippen LogP contribution is 2.36. The minimum Gasteiger partial charge on any atom is -0.373 e. The maximum atomic E-state index is 12.8. The Morgan fingerprint density at radius 2 is 2.00 bits per heavy atom. The van der Waals surface area contributed by atoms with Gasteiger partial charge in [-0.05, 0) is 30.3 Å². The molecular weight excluding hydrogens is 469 g/mol. The van der Waals surface area contributed by atoms with E-state index in [0.29, 0.717) is 11.3 Å². The molecule has 0 aliphatic carbocycles. The molecule has 1 aliphatic heterocycles. The molecule has 4 aromatic rings. The third kappa shape index (κ3) is 3.62. The zero-order valence-electron chi connectivity index (χ0n) is 16.8. The van der Waals surface area contributed by atoms with Crippen LogP contribution in [-0.2, 0) is 0 Å². The third-order valence-corrected chi connectivity index (χ3v) is 6.80. The van der Waals surface area contributed by atoms with Crippen LogP contribution in [0.5, 0.6) is 0 Å². The third-order valence-electron chi connectivity index (χ3n) is 5.17. The second-order valence-corrected chi connectivity index (χ2v) is 9.17. The molecule has 2 aromatic heterocycles. The van der Waals surface area contributed by atoms with Crippen molar-refractivity contribution in [1.29, 1.82) is 5.41 Å². The van der Waals surface area contributed by atoms with Crippen molar-refractivity contribution in [3.63, 3.8) is 0 Å². The Labute approximate surface area is 196 Å². The number of H-pyrrole nitrogens is 1. The molecule has 0 radical (unpaired) electrons. The number of hydrogen-bond donors (Lipinski definition) is 3. The Bertz CT molecular complexity index is 1460. The van der Waals surface area contributed by atoms with Gasteiger partial charge in [0.2, 0.25) is 5.95 Å². The fraction of sp³-hybridized carbons (Fsp3) is 0.143. The van der Waals surface area contributed by atoms with Crippen molar-refractivity contribution in [3.05, 3.63) is 68.6 Å². The van der Waals surface area contributed by atoms with Crippen molar-refractivity contribution < 1.29 is 0 Å². The molecule has 3 heterocycles. The van der Waals surface area contributed by atoms with Crippen LogP contribution in [0.3, 0.4) is 0 Å². The number of aromatic nitrogens is 4. The number of halogens is 2. The molecule has 0 atom stereocenters. The summed E-state index contributed by atoms with van der Waals surface area (Å²) in [6.45, 7) is 1.01. The average molecular weight is 486 g/mol. The van der Waals surface area contributed by atoms with Gasteiger partial charge in [0.1, 0.15) is 5.49 Å². The molecule has 0 saturated carbocycles. The lowest BCUT2D eigenvalue weighted by atomic mass is 10.2. The van der Waals surface area contributed by atoms with Crippen molar-refractivity contribution >= 4 is 63.3 Å².